The Morgan fingerprint density at radius 2 is 1.96 bits per heavy atom. The summed E-state index contributed by atoms with van der Waals surface area (Å²) in [6.07, 6.45) is 0. The molecule has 0 saturated carbocycles. The van der Waals surface area contributed by atoms with E-state index in [9.17, 15) is 4.79 Å². The van der Waals surface area contributed by atoms with Gasteiger partial charge in [-0.1, -0.05) is 0 Å². The number of morpholine rings is 1. The summed E-state index contributed by atoms with van der Waals surface area (Å²) < 4.78 is 5.37. The molecule has 2 aromatic rings. The van der Waals surface area contributed by atoms with Crippen LogP contribution < -0.4 is 20.5 Å². The van der Waals surface area contributed by atoms with Gasteiger partial charge in [-0.15, -0.1) is 4.98 Å². The average molecular weight is 343 g/mol. The fraction of sp³-hybridized carbons (Fsp3) is 0.412. The molecular formula is C17H23N6O2+. The maximum Gasteiger partial charge on any atom is 0.348 e. The van der Waals surface area contributed by atoms with E-state index in [0.29, 0.717) is 30.7 Å². The van der Waals surface area contributed by atoms with Crippen LogP contribution in [-0.2, 0) is 4.74 Å². The second kappa shape index (κ2) is 7.43. The summed E-state index contributed by atoms with van der Waals surface area (Å²) >= 11 is 0. The van der Waals surface area contributed by atoms with E-state index in [-0.39, 0.29) is 5.91 Å². The molecular weight excluding hydrogens is 320 g/mol. The van der Waals surface area contributed by atoms with Crippen LogP contribution in [0.25, 0.3) is 0 Å². The third-order valence-electron chi connectivity index (χ3n) is 3.91. The Kier molecular flexibility index (Phi) is 5.08. The summed E-state index contributed by atoms with van der Waals surface area (Å²) in [6.45, 7) is 6.62. The second-order valence-electron chi connectivity index (χ2n) is 5.98. The number of hydrogen-bond donors (Lipinski definition) is 2. The number of amides is 1. The lowest BCUT2D eigenvalue weighted by atomic mass is 10.2. The summed E-state index contributed by atoms with van der Waals surface area (Å²) in [7, 11) is 1.79. The Morgan fingerprint density at radius 1 is 1.20 bits per heavy atom. The van der Waals surface area contributed by atoms with E-state index in [4.69, 9.17) is 4.74 Å². The van der Waals surface area contributed by atoms with Crippen molar-refractivity contribution in [3.8, 4) is 0 Å². The van der Waals surface area contributed by atoms with Gasteiger partial charge >= 0.3 is 5.95 Å². The molecule has 132 valence electrons. The van der Waals surface area contributed by atoms with Crippen molar-refractivity contribution in [1.82, 2.24) is 9.97 Å². The first-order chi connectivity index (χ1) is 12.0. The largest absolute Gasteiger partial charge is 0.376 e. The number of aromatic amines is 1. The van der Waals surface area contributed by atoms with Gasteiger partial charge in [0.25, 0.3) is 5.91 Å². The summed E-state index contributed by atoms with van der Waals surface area (Å²) in [5.41, 5.74) is 2.22. The van der Waals surface area contributed by atoms with Crippen LogP contribution in [0.3, 0.4) is 0 Å². The van der Waals surface area contributed by atoms with Crippen molar-refractivity contribution >= 4 is 23.5 Å². The number of aromatic nitrogens is 3. The molecule has 1 amide bonds. The highest BCUT2D eigenvalue weighted by Crippen LogP contribution is 2.14. The van der Waals surface area contributed by atoms with Gasteiger partial charge in [0, 0.05) is 18.8 Å². The second-order valence-corrected chi connectivity index (χ2v) is 5.98. The predicted molar refractivity (Wildman–Crippen MR) is 95.0 cm³/mol. The molecule has 0 aliphatic carbocycles. The van der Waals surface area contributed by atoms with Crippen LogP contribution in [0.4, 0.5) is 17.6 Å². The zero-order chi connectivity index (χ0) is 17.8. The Bertz CT molecular complexity index is 753. The van der Waals surface area contributed by atoms with Gasteiger partial charge in [0.15, 0.2) is 11.5 Å². The minimum atomic E-state index is -0.294. The number of pyridine rings is 1. The lowest BCUT2D eigenvalue weighted by Crippen LogP contribution is -2.41. The predicted octanol–water partition coefficient (Wildman–Crippen LogP) is 1.04. The summed E-state index contributed by atoms with van der Waals surface area (Å²) in [5.74, 6) is 1.59. The van der Waals surface area contributed by atoms with Gasteiger partial charge < -0.3 is 15.4 Å². The summed E-state index contributed by atoms with van der Waals surface area (Å²) in [5, 5.41) is 5.86. The minimum absolute atomic E-state index is 0.294. The molecule has 0 spiro atoms. The van der Waals surface area contributed by atoms with Gasteiger partial charge in [0.1, 0.15) is 5.82 Å². The molecule has 8 nitrogen and oxygen atoms in total. The van der Waals surface area contributed by atoms with Crippen LogP contribution in [0.1, 0.15) is 21.7 Å². The van der Waals surface area contributed by atoms with Crippen LogP contribution in [0.15, 0.2) is 18.2 Å². The molecule has 3 rings (SSSR count). The first-order valence-corrected chi connectivity index (χ1v) is 8.26. The smallest absolute Gasteiger partial charge is 0.348 e. The zero-order valence-corrected chi connectivity index (χ0v) is 14.7. The summed E-state index contributed by atoms with van der Waals surface area (Å²) in [6, 6.07) is 5.48. The Labute approximate surface area is 146 Å². The van der Waals surface area contributed by atoms with Gasteiger partial charge in [-0.3, -0.25) is 9.69 Å². The van der Waals surface area contributed by atoms with Gasteiger partial charge in [-0.25, -0.2) is 9.97 Å². The van der Waals surface area contributed by atoms with Gasteiger partial charge in [-0.05, 0) is 31.5 Å². The number of nitrogens with one attached hydrogen (secondary N) is 3. The van der Waals surface area contributed by atoms with Crippen LogP contribution in [0.2, 0.25) is 0 Å². The number of hydrogen-bond acceptors (Lipinski definition) is 6. The fourth-order valence-corrected chi connectivity index (χ4v) is 2.73. The van der Waals surface area contributed by atoms with Crippen LogP contribution in [0, 0.1) is 13.8 Å². The van der Waals surface area contributed by atoms with Crippen LogP contribution in [0.5, 0.6) is 0 Å². The lowest BCUT2D eigenvalue weighted by Gasteiger charge is -2.22. The Hall–Kier alpha value is -2.74. The number of anilines is 3. The number of rotatable bonds is 4. The molecule has 0 unspecified atom stereocenters. The minimum Gasteiger partial charge on any atom is -0.376 e. The standard InChI is InChI=1S/C17H22N6O2/c1-11-8-12(2)19-15(9-11)21-16(24)13-10-14(18-3)22-17(20-13)23-4-6-25-7-5-23/h8-10H,4-7H2,1-3H3,(H,18,20,22)(H,19,21,24)/p+1. The first-order valence-electron chi connectivity index (χ1n) is 8.26. The van der Waals surface area contributed by atoms with E-state index >= 15 is 0 Å². The third kappa shape index (κ3) is 4.21. The fourth-order valence-electron chi connectivity index (χ4n) is 2.73. The first kappa shape index (κ1) is 17.1. The van der Waals surface area contributed by atoms with E-state index in [0.717, 1.165) is 30.2 Å². The highest BCUT2D eigenvalue weighted by Gasteiger charge is 2.23. The van der Waals surface area contributed by atoms with Crippen molar-refractivity contribution < 1.29 is 14.5 Å². The lowest BCUT2D eigenvalue weighted by molar-refractivity contribution is -0.351. The average Bonchev–Trinajstić information content (AvgIpc) is 2.61. The van der Waals surface area contributed by atoms with E-state index in [1.54, 1.807) is 13.1 Å². The molecule has 1 saturated heterocycles. The number of nitrogens with zero attached hydrogens (tertiary/aromatic N) is 3. The summed E-state index contributed by atoms with van der Waals surface area (Å²) in [4.78, 5) is 26.7. The number of carbonyl (C=O) groups is 1. The quantitative estimate of drug-likeness (QED) is 0.861. The Morgan fingerprint density at radius 3 is 2.64 bits per heavy atom. The van der Waals surface area contributed by atoms with E-state index in [1.807, 2.05) is 26.0 Å². The van der Waals surface area contributed by atoms with Crippen molar-refractivity contribution in [1.29, 1.82) is 0 Å². The van der Waals surface area contributed by atoms with Crippen molar-refractivity contribution in [3.05, 3.63) is 35.2 Å². The van der Waals surface area contributed by atoms with Crippen LogP contribution >= 0.6 is 0 Å². The van der Waals surface area contributed by atoms with E-state index in [2.05, 4.69) is 30.5 Å². The zero-order valence-electron chi connectivity index (χ0n) is 14.7. The van der Waals surface area contributed by atoms with Crippen molar-refractivity contribution in [2.75, 3.05) is 48.9 Å². The maximum absolute atomic E-state index is 12.6. The molecule has 2 aromatic heterocycles. The molecule has 0 aromatic carbocycles. The maximum atomic E-state index is 12.6. The molecule has 0 bridgehead atoms. The normalized spacial score (nSPS) is 14.3. The highest BCUT2D eigenvalue weighted by molar-refractivity contribution is 6.02. The van der Waals surface area contributed by atoms with Gasteiger partial charge in [-0.2, -0.15) is 0 Å². The van der Waals surface area contributed by atoms with Gasteiger partial charge in [0.2, 0.25) is 0 Å². The van der Waals surface area contributed by atoms with Crippen molar-refractivity contribution in [2.24, 2.45) is 0 Å². The molecule has 0 atom stereocenters. The highest BCUT2D eigenvalue weighted by atomic mass is 16.5. The molecule has 3 N–H and O–H groups in total. The molecule has 3 heterocycles. The number of carbonyl (C=O) groups excluding carboxylic acids is 1. The Balaban J connectivity index is 1.85. The number of aryl methyl sites for hydroxylation is 2. The molecule has 0 radical (unpaired) electrons. The van der Waals surface area contributed by atoms with E-state index in [1.165, 1.54) is 0 Å². The topological polar surface area (TPSA) is 93.5 Å². The third-order valence-corrected chi connectivity index (χ3v) is 3.91. The molecule has 25 heavy (non-hydrogen) atoms. The monoisotopic (exact) mass is 343 g/mol. The SMILES string of the molecule is CNc1cc(C(=O)Nc2cc(C)cc(C)n2)nc(N2CCOCC2)[nH+]1. The number of ether oxygens (including phenoxy) is 1. The number of H-pyrrole nitrogens is 1. The van der Waals surface area contributed by atoms with E-state index < -0.39 is 0 Å². The molecule has 1 aliphatic rings. The van der Waals surface area contributed by atoms with Crippen molar-refractivity contribution in [2.45, 2.75) is 13.8 Å². The molecule has 1 aliphatic heterocycles. The van der Waals surface area contributed by atoms with Gasteiger partial charge in [0.05, 0.1) is 26.3 Å². The molecule has 1 fully saturated rings. The molecule has 8 heteroatoms. The van der Waals surface area contributed by atoms with Crippen molar-refractivity contribution in [3.63, 3.8) is 0 Å². The van der Waals surface area contributed by atoms with Crippen LogP contribution in [-0.4, -0.2) is 49.2 Å².